The van der Waals surface area contributed by atoms with Gasteiger partial charge in [-0.2, -0.15) is 0 Å². The SMILES string of the molecule is O=C(O)C[C@H](NC(=O)C1COc2ccccc2O1)C(=O)O. The Kier molecular flexibility index (Phi) is 4.27. The molecule has 0 spiro atoms. The molecule has 1 aliphatic heterocycles. The molecule has 0 aromatic heterocycles. The van der Waals surface area contributed by atoms with Gasteiger partial charge in [-0.15, -0.1) is 0 Å². The average molecular weight is 295 g/mol. The van der Waals surface area contributed by atoms with Crippen LogP contribution in [0.4, 0.5) is 0 Å². The fourth-order valence-electron chi connectivity index (χ4n) is 1.79. The molecule has 0 aliphatic carbocycles. The van der Waals surface area contributed by atoms with Gasteiger partial charge in [-0.05, 0) is 12.1 Å². The first-order valence-corrected chi connectivity index (χ1v) is 6.11. The van der Waals surface area contributed by atoms with Crippen molar-refractivity contribution in [2.45, 2.75) is 18.6 Å². The molecular weight excluding hydrogens is 282 g/mol. The summed E-state index contributed by atoms with van der Waals surface area (Å²) >= 11 is 0. The molecule has 0 bridgehead atoms. The fourth-order valence-corrected chi connectivity index (χ4v) is 1.79. The first-order valence-electron chi connectivity index (χ1n) is 6.11. The summed E-state index contributed by atoms with van der Waals surface area (Å²) in [5.41, 5.74) is 0. The number of carbonyl (C=O) groups excluding carboxylic acids is 1. The van der Waals surface area contributed by atoms with E-state index < -0.39 is 36.4 Å². The van der Waals surface area contributed by atoms with Gasteiger partial charge in [0.15, 0.2) is 11.5 Å². The number of ether oxygens (including phenoxy) is 2. The highest BCUT2D eigenvalue weighted by molar-refractivity contribution is 5.89. The summed E-state index contributed by atoms with van der Waals surface area (Å²) in [6.45, 7) is -0.0811. The predicted molar refractivity (Wildman–Crippen MR) is 68.2 cm³/mol. The molecule has 21 heavy (non-hydrogen) atoms. The largest absolute Gasteiger partial charge is 0.485 e. The minimum absolute atomic E-state index is 0.0811. The maximum atomic E-state index is 11.9. The Morgan fingerprint density at radius 3 is 2.52 bits per heavy atom. The molecular formula is C13H13NO7. The highest BCUT2D eigenvalue weighted by atomic mass is 16.6. The summed E-state index contributed by atoms with van der Waals surface area (Å²) in [6, 6.07) is 5.22. The highest BCUT2D eigenvalue weighted by Crippen LogP contribution is 2.30. The van der Waals surface area contributed by atoms with Gasteiger partial charge >= 0.3 is 11.9 Å². The highest BCUT2D eigenvalue weighted by Gasteiger charge is 2.31. The maximum Gasteiger partial charge on any atom is 0.326 e. The quantitative estimate of drug-likeness (QED) is 0.691. The number of benzene rings is 1. The normalized spacial score (nSPS) is 17.6. The third-order valence-electron chi connectivity index (χ3n) is 2.79. The van der Waals surface area contributed by atoms with Crippen molar-refractivity contribution in [2.75, 3.05) is 6.61 Å². The first-order chi connectivity index (χ1) is 9.97. The number of nitrogens with one attached hydrogen (secondary N) is 1. The maximum absolute atomic E-state index is 11.9. The molecule has 0 radical (unpaired) electrons. The molecule has 2 atom stereocenters. The Bertz CT molecular complexity index is 571. The number of para-hydroxylation sites is 2. The van der Waals surface area contributed by atoms with E-state index in [0.717, 1.165) is 0 Å². The van der Waals surface area contributed by atoms with Gasteiger partial charge in [-0.3, -0.25) is 9.59 Å². The summed E-state index contributed by atoms with van der Waals surface area (Å²) in [5.74, 6) is -2.63. The van der Waals surface area contributed by atoms with Gasteiger partial charge in [0.2, 0.25) is 6.10 Å². The monoisotopic (exact) mass is 295 g/mol. The lowest BCUT2D eigenvalue weighted by molar-refractivity contribution is -0.148. The van der Waals surface area contributed by atoms with Crippen LogP contribution in [0.2, 0.25) is 0 Å². The van der Waals surface area contributed by atoms with Crippen LogP contribution in [0.3, 0.4) is 0 Å². The molecule has 2 rings (SSSR count). The van der Waals surface area contributed by atoms with Gasteiger partial charge in [-0.25, -0.2) is 4.79 Å². The van der Waals surface area contributed by atoms with E-state index >= 15 is 0 Å². The van der Waals surface area contributed by atoms with Crippen LogP contribution in [0, 0.1) is 0 Å². The molecule has 0 saturated carbocycles. The van der Waals surface area contributed by atoms with Crippen LogP contribution in [0.1, 0.15) is 6.42 Å². The van der Waals surface area contributed by atoms with E-state index in [0.29, 0.717) is 11.5 Å². The van der Waals surface area contributed by atoms with Gasteiger partial charge < -0.3 is 25.0 Å². The van der Waals surface area contributed by atoms with E-state index in [1.807, 2.05) is 0 Å². The Balaban J connectivity index is 2.01. The second kappa shape index (κ2) is 6.12. The number of carbonyl (C=O) groups is 3. The van der Waals surface area contributed by atoms with Crippen molar-refractivity contribution >= 4 is 17.8 Å². The van der Waals surface area contributed by atoms with Crippen molar-refractivity contribution in [1.29, 1.82) is 0 Å². The fraction of sp³-hybridized carbons (Fsp3) is 0.308. The molecule has 0 saturated heterocycles. The number of hydrogen-bond donors (Lipinski definition) is 3. The molecule has 8 nitrogen and oxygen atoms in total. The smallest absolute Gasteiger partial charge is 0.326 e. The topological polar surface area (TPSA) is 122 Å². The van der Waals surface area contributed by atoms with E-state index in [4.69, 9.17) is 19.7 Å². The summed E-state index contributed by atoms with van der Waals surface area (Å²) in [7, 11) is 0. The molecule has 1 aliphatic rings. The molecule has 1 amide bonds. The van der Waals surface area contributed by atoms with E-state index in [9.17, 15) is 14.4 Å². The van der Waals surface area contributed by atoms with E-state index in [-0.39, 0.29) is 6.61 Å². The second-order valence-electron chi connectivity index (χ2n) is 4.36. The standard InChI is InChI=1S/C13H13NO7/c15-11(16)5-7(13(18)19)14-12(17)10-6-20-8-3-1-2-4-9(8)21-10/h1-4,7,10H,5-6H2,(H,14,17)(H,15,16)(H,18,19)/t7-,10?/m0/s1. The number of hydrogen-bond acceptors (Lipinski definition) is 5. The zero-order valence-corrected chi connectivity index (χ0v) is 10.8. The molecule has 3 N–H and O–H groups in total. The summed E-state index contributed by atoms with van der Waals surface area (Å²) in [4.78, 5) is 33.4. The zero-order valence-electron chi connectivity index (χ0n) is 10.8. The Morgan fingerprint density at radius 1 is 1.24 bits per heavy atom. The van der Waals surface area contributed by atoms with Crippen molar-refractivity contribution in [3.05, 3.63) is 24.3 Å². The lowest BCUT2D eigenvalue weighted by atomic mass is 10.2. The third kappa shape index (κ3) is 3.62. The first kappa shape index (κ1) is 14.6. The lowest BCUT2D eigenvalue weighted by Gasteiger charge is -2.26. The number of aliphatic carboxylic acids is 2. The van der Waals surface area contributed by atoms with Crippen LogP contribution in [-0.4, -0.2) is 46.8 Å². The van der Waals surface area contributed by atoms with E-state index in [2.05, 4.69) is 5.32 Å². The summed E-state index contributed by atoms with van der Waals surface area (Å²) in [6.07, 6.45) is -1.75. The molecule has 8 heteroatoms. The van der Waals surface area contributed by atoms with E-state index in [1.54, 1.807) is 24.3 Å². The molecule has 1 heterocycles. The van der Waals surface area contributed by atoms with Crippen LogP contribution in [-0.2, 0) is 14.4 Å². The van der Waals surface area contributed by atoms with Gasteiger partial charge in [0, 0.05) is 0 Å². The van der Waals surface area contributed by atoms with Crippen molar-refractivity contribution in [1.82, 2.24) is 5.32 Å². The van der Waals surface area contributed by atoms with Crippen LogP contribution in [0.25, 0.3) is 0 Å². The average Bonchev–Trinajstić information content (AvgIpc) is 2.45. The molecule has 112 valence electrons. The lowest BCUT2D eigenvalue weighted by Crippen LogP contribution is -2.50. The van der Waals surface area contributed by atoms with E-state index in [1.165, 1.54) is 0 Å². The van der Waals surface area contributed by atoms with Gasteiger partial charge in [0.25, 0.3) is 5.91 Å². The van der Waals surface area contributed by atoms with Crippen LogP contribution in [0.15, 0.2) is 24.3 Å². The third-order valence-corrected chi connectivity index (χ3v) is 2.79. The van der Waals surface area contributed by atoms with Crippen molar-refractivity contribution < 1.29 is 34.1 Å². The van der Waals surface area contributed by atoms with Crippen LogP contribution in [0.5, 0.6) is 11.5 Å². The number of amides is 1. The number of carboxylic acids is 2. The molecule has 1 aromatic rings. The minimum Gasteiger partial charge on any atom is -0.485 e. The van der Waals surface area contributed by atoms with Crippen molar-refractivity contribution in [3.63, 3.8) is 0 Å². The van der Waals surface area contributed by atoms with Gasteiger partial charge in [0.1, 0.15) is 12.6 Å². The van der Waals surface area contributed by atoms with Gasteiger partial charge in [0.05, 0.1) is 6.42 Å². The molecule has 0 fully saturated rings. The Labute approximate surface area is 119 Å². The van der Waals surface area contributed by atoms with Gasteiger partial charge in [-0.1, -0.05) is 12.1 Å². The van der Waals surface area contributed by atoms with Crippen molar-refractivity contribution in [2.24, 2.45) is 0 Å². The predicted octanol–water partition coefficient (Wildman–Crippen LogP) is -0.129. The number of carboxylic acid groups (broad SMARTS) is 2. The number of fused-ring (bicyclic) bond motifs is 1. The zero-order chi connectivity index (χ0) is 15.4. The number of rotatable bonds is 5. The minimum atomic E-state index is -1.52. The Hall–Kier alpha value is -2.77. The van der Waals surface area contributed by atoms with Crippen LogP contribution < -0.4 is 14.8 Å². The Morgan fingerprint density at radius 2 is 1.90 bits per heavy atom. The molecule has 1 aromatic carbocycles. The second-order valence-corrected chi connectivity index (χ2v) is 4.36. The van der Waals surface area contributed by atoms with Crippen molar-refractivity contribution in [3.8, 4) is 11.5 Å². The van der Waals surface area contributed by atoms with Crippen LogP contribution >= 0.6 is 0 Å². The molecule has 1 unspecified atom stereocenters. The summed E-state index contributed by atoms with van der Waals surface area (Å²) < 4.78 is 10.7. The summed E-state index contributed by atoms with van der Waals surface area (Å²) in [5, 5.41) is 19.6.